The van der Waals surface area contributed by atoms with Crippen LogP contribution in [0.3, 0.4) is 0 Å². The van der Waals surface area contributed by atoms with Gasteiger partial charge in [-0.3, -0.25) is 0 Å². The lowest BCUT2D eigenvalue weighted by molar-refractivity contribution is 0.410. The van der Waals surface area contributed by atoms with Crippen LogP contribution in [0.2, 0.25) is 0 Å². The minimum atomic E-state index is -1.54. The molecule has 33 heavy (non-hydrogen) atoms. The van der Waals surface area contributed by atoms with Crippen LogP contribution in [0.4, 0.5) is 11.5 Å². The Kier molecular flexibility index (Phi) is 5.51. The molecule has 2 aromatic carbocycles. The van der Waals surface area contributed by atoms with E-state index < -0.39 is 3.79 Å². The molecule has 0 radical (unpaired) electrons. The lowest BCUT2D eigenvalue weighted by Crippen LogP contribution is -2.01. The molecular formula is C23H14Cl3N5O2. The van der Waals surface area contributed by atoms with E-state index in [-0.39, 0.29) is 0 Å². The Morgan fingerprint density at radius 3 is 2.79 bits per heavy atom. The molecule has 3 aromatic heterocycles. The van der Waals surface area contributed by atoms with E-state index in [1.54, 1.807) is 48.3 Å². The first-order chi connectivity index (χ1) is 15.9. The number of nitrogens with zero attached hydrogens (tertiary/aromatic N) is 4. The highest BCUT2D eigenvalue weighted by atomic mass is 35.6. The fourth-order valence-electron chi connectivity index (χ4n) is 3.32. The Labute approximate surface area is 203 Å². The normalized spacial score (nSPS) is 11.4. The average Bonchev–Trinajstić information content (AvgIpc) is 3.41. The van der Waals surface area contributed by atoms with Gasteiger partial charge >= 0.3 is 0 Å². The van der Waals surface area contributed by atoms with E-state index in [9.17, 15) is 0 Å². The summed E-state index contributed by atoms with van der Waals surface area (Å²) in [5, 5.41) is 12.4. The summed E-state index contributed by atoms with van der Waals surface area (Å²) in [4.78, 5) is 4.30. The molecule has 3 heterocycles. The Bertz CT molecular complexity index is 1540. The monoisotopic (exact) mass is 497 g/mol. The second kappa shape index (κ2) is 8.49. The number of nitrogens with one attached hydrogen (secondary N) is 1. The Hall–Kier alpha value is -3.44. The number of fused-ring (bicyclic) bond motifs is 2. The number of aromatic nitrogens is 4. The molecular weight excluding hydrogens is 485 g/mol. The van der Waals surface area contributed by atoms with Crippen LogP contribution in [0.25, 0.3) is 16.6 Å². The Balaban J connectivity index is 1.55. The molecule has 0 aliphatic carbocycles. The van der Waals surface area contributed by atoms with Crippen molar-refractivity contribution in [2.75, 3.05) is 12.4 Å². The topological polar surface area (TPSA) is 77.5 Å². The number of rotatable bonds is 3. The summed E-state index contributed by atoms with van der Waals surface area (Å²) in [6, 6.07) is 14.4. The van der Waals surface area contributed by atoms with Gasteiger partial charge in [0.25, 0.3) is 0 Å². The van der Waals surface area contributed by atoms with Crippen LogP contribution in [0.1, 0.15) is 16.8 Å². The molecule has 0 bridgehead atoms. The second-order valence-corrected chi connectivity index (χ2v) is 9.22. The van der Waals surface area contributed by atoms with Crippen LogP contribution in [-0.2, 0) is 3.79 Å². The minimum Gasteiger partial charge on any atom is -0.495 e. The van der Waals surface area contributed by atoms with Crippen molar-refractivity contribution in [1.82, 2.24) is 19.8 Å². The number of benzene rings is 2. The van der Waals surface area contributed by atoms with E-state index in [0.717, 1.165) is 5.39 Å². The molecule has 1 N–H and O–H groups in total. The third-order valence-electron chi connectivity index (χ3n) is 4.87. The van der Waals surface area contributed by atoms with Gasteiger partial charge in [-0.2, -0.15) is 5.10 Å². The Morgan fingerprint density at radius 2 is 1.97 bits per heavy atom. The molecule has 10 heteroatoms. The summed E-state index contributed by atoms with van der Waals surface area (Å²) in [6.07, 6.45) is 3.33. The van der Waals surface area contributed by atoms with E-state index in [1.165, 1.54) is 0 Å². The maximum Gasteiger partial charge on any atom is 0.216 e. The number of hydrogen-bond acceptors (Lipinski definition) is 6. The molecule has 0 unspecified atom stereocenters. The zero-order valence-electron chi connectivity index (χ0n) is 17.0. The van der Waals surface area contributed by atoms with Crippen LogP contribution in [-0.4, -0.2) is 26.9 Å². The molecule has 0 aliphatic heterocycles. The lowest BCUT2D eigenvalue weighted by atomic mass is 10.1. The van der Waals surface area contributed by atoms with Gasteiger partial charge in [-0.25, -0.2) is 9.50 Å². The zero-order valence-corrected chi connectivity index (χ0v) is 19.3. The van der Waals surface area contributed by atoms with Crippen molar-refractivity contribution in [3.8, 4) is 17.6 Å². The van der Waals surface area contributed by atoms with Gasteiger partial charge in [0.1, 0.15) is 17.0 Å². The number of imidazole rings is 1. The number of hydrogen-bond donors (Lipinski definition) is 1. The maximum absolute atomic E-state index is 6.00. The van der Waals surface area contributed by atoms with Gasteiger partial charge < -0.3 is 14.6 Å². The first kappa shape index (κ1) is 21.4. The molecule has 0 atom stereocenters. The molecule has 0 spiro atoms. The number of halogens is 3. The average molecular weight is 499 g/mol. The number of anilines is 2. The standard InChI is InChI=1S/C23H14Cl3N5O2/c1-32-19-10-9-18-21(17(19)8-7-16-13-27-20-6-3-11-28-31(16)20)33-30-22(18)29-15-5-2-4-14(12-15)23(24,25)26/h2-6,9-13H,1H3,(H,29,30). The van der Waals surface area contributed by atoms with Crippen LogP contribution in [0, 0.1) is 11.8 Å². The summed E-state index contributed by atoms with van der Waals surface area (Å²) in [6.45, 7) is 0. The van der Waals surface area contributed by atoms with Gasteiger partial charge in [-0.05, 0) is 42.3 Å². The largest absolute Gasteiger partial charge is 0.495 e. The summed E-state index contributed by atoms with van der Waals surface area (Å²) >= 11 is 18.0. The highest BCUT2D eigenvalue weighted by Gasteiger charge is 2.23. The van der Waals surface area contributed by atoms with E-state index in [0.29, 0.717) is 45.3 Å². The summed E-state index contributed by atoms with van der Waals surface area (Å²) in [7, 11) is 1.57. The van der Waals surface area contributed by atoms with Crippen molar-refractivity contribution in [2.24, 2.45) is 0 Å². The highest BCUT2D eigenvalue weighted by Crippen LogP contribution is 2.39. The van der Waals surface area contributed by atoms with Crippen molar-refractivity contribution < 1.29 is 9.26 Å². The van der Waals surface area contributed by atoms with Crippen LogP contribution in [0.5, 0.6) is 5.75 Å². The third-order valence-corrected chi connectivity index (χ3v) is 5.52. The number of ether oxygens (including phenoxy) is 1. The summed E-state index contributed by atoms with van der Waals surface area (Å²) in [5.41, 5.74) is 3.58. The van der Waals surface area contributed by atoms with Gasteiger partial charge in [-0.1, -0.05) is 58.0 Å². The molecule has 0 saturated carbocycles. The van der Waals surface area contributed by atoms with Crippen molar-refractivity contribution in [3.63, 3.8) is 0 Å². The van der Waals surface area contributed by atoms with Crippen LogP contribution < -0.4 is 10.1 Å². The summed E-state index contributed by atoms with van der Waals surface area (Å²) in [5.74, 6) is 7.26. The van der Waals surface area contributed by atoms with Crippen molar-refractivity contribution in [3.05, 3.63) is 77.7 Å². The van der Waals surface area contributed by atoms with Gasteiger partial charge in [0.05, 0.1) is 18.7 Å². The van der Waals surface area contributed by atoms with Gasteiger partial charge in [0.15, 0.2) is 17.0 Å². The quantitative estimate of drug-likeness (QED) is 0.248. The Morgan fingerprint density at radius 1 is 1.09 bits per heavy atom. The molecule has 0 amide bonds. The van der Waals surface area contributed by atoms with Gasteiger partial charge in [0.2, 0.25) is 3.79 Å². The van der Waals surface area contributed by atoms with E-state index in [1.807, 2.05) is 24.3 Å². The molecule has 5 rings (SSSR count). The van der Waals surface area contributed by atoms with Crippen LogP contribution in [0.15, 0.2) is 65.4 Å². The highest BCUT2D eigenvalue weighted by molar-refractivity contribution is 6.66. The first-order valence-electron chi connectivity index (χ1n) is 9.65. The van der Waals surface area contributed by atoms with Gasteiger partial charge in [-0.15, -0.1) is 0 Å². The molecule has 164 valence electrons. The van der Waals surface area contributed by atoms with Crippen molar-refractivity contribution >= 4 is 62.9 Å². The summed E-state index contributed by atoms with van der Waals surface area (Å²) < 4.78 is 11.3. The third kappa shape index (κ3) is 4.16. The molecule has 5 aromatic rings. The van der Waals surface area contributed by atoms with E-state index in [4.69, 9.17) is 44.1 Å². The molecule has 0 saturated heterocycles. The smallest absolute Gasteiger partial charge is 0.216 e. The predicted octanol–water partition coefficient (Wildman–Crippen LogP) is 5.85. The number of alkyl halides is 3. The van der Waals surface area contributed by atoms with Crippen LogP contribution >= 0.6 is 34.8 Å². The second-order valence-electron chi connectivity index (χ2n) is 6.94. The van der Waals surface area contributed by atoms with Crippen molar-refractivity contribution in [1.29, 1.82) is 0 Å². The fraction of sp³-hybridized carbons (Fsp3) is 0.0870. The molecule has 0 aliphatic rings. The molecule has 7 nitrogen and oxygen atoms in total. The minimum absolute atomic E-state index is 0.476. The first-order valence-corrected chi connectivity index (χ1v) is 10.8. The predicted molar refractivity (Wildman–Crippen MR) is 128 cm³/mol. The van der Waals surface area contributed by atoms with Crippen molar-refractivity contribution in [2.45, 2.75) is 3.79 Å². The SMILES string of the molecule is COc1ccc2c(Nc3cccc(C(Cl)(Cl)Cl)c3)noc2c1C#Cc1cnc2cccnn12. The number of methoxy groups -OCH3 is 1. The maximum atomic E-state index is 6.00. The lowest BCUT2D eigenvalue weighted by Gasteiger charge is -2.12. The van der Waals surface area contributed by atoms with E-state index >= 15 is 0 Å². The fourth-order valence-corrected chi connectivity index (χ4v) is 3.67. The molecule has 0 fully saturated rings. The van der Waals surface area contributed by atoms with E-state index in [2.05, 4.69) is 32.4 Å². The van der Waals surface area contributed by atoms with Gasteiger partial charge in [0, 0.05) is 17.4 Å². The zero-order chi connectivity index (χ0) is 23.0.